The van der Waals surface area contributed by atoms with Gasteiger partial charge < -0.3 is 19.3 Å². The maximum Gasteiger partial charge on any atom is 0.342 e. The second-order valence-corrected chi connectivity index (χ2v) is 5.24. The van der Waals surface area contributed by atoms with Crippen LogP contribution in [0.1, 0.15) is 15.9 Å². The number of hydrogen-bond donors (Lipinski definition) is 1. The lowest BCUT2D eigenvalue weighted by Crippen LogP contribution is -2.05. The van der Waals surface area contributed by atoms with Crippen molar-refractivity contribution in [2.24, 2.45) is 0 Å². The minimum Gasteiger partial charge on any atom is -0.507 e. The molecular weight excluding hydrogens is 340 g/mol. The van der Waals surface area contributed by atoms with Crippen molar-refractivity contribution in [3.63, 3.8) is 0 Å². The Bertz CT molecular complexity index is 698. The molecule has 1 aliphatic rings. The van der Waals surface area contributed by atoms with E-state index in [9.17, 15) is 9.90 Å². The van der Waals surface area contributed by atoms with Gasteiger partial charge in [-0.05, 0) is 24.3 Å². The van der Waals surface area contributed by atoms with Crippen molar-refractivity contribution in [3.05, 3.63) is 52.0 Å². The second-order valence-electron chi connectivity index (χ2n) is 4.39. The molecule has 5 nitrogen and oxygen atoms in total. The number of benzene rings is 2. The maximum absolute atomic E-state index is 11.9. The van der Waals surface area contributed by atoms with Crippen LogP contribution in [-0.2, 0) is 11.3 Å². The molecule has 1 aliphatic heterocycles. The average molecular weight is 351 g/mol. The van der Waals surface area contributed by atoms with E-state index in [1.807, 2.05) is 0 Å². The first-order valence-corrected chi connectivity index (χ1v) is 6.97. The lowest BCUT2D eigenvalue weighted by molar-refractivity contribution is 0.0468. The topological polar surface area (TPSA) is 65.0 Å². The molecule has 0 spiro atoms. The lowest BCUT2D eigenvalue weighted by atomic mass is 10.2. The first kappa shape index (κ1) is 13.8. The smallest absolute Gasteiger partial charge is 0.342 e. The molecule has 0 saturated heterocycles. The summed E-state index contributed by atoms with van der Waals surface area (Å²) in [5.41, 5.74) is 0.886. The number of hydrogen-bond acceptors (Lipinski definition) is 5. The molecule has 0 fully saturated rings. The van der Waals surface area contributed by atoms with Gasteiger partial charge in [-0.25, -0.2) is 4.79 Å². The number of para-hydroxylation sites is 1. The molecule has 21 heavy (non-hydrogen) atoms. The Hall–Kier alpha value is -2.21. The minimum atomic E-state index is -0.585. The van der Waals surface area contributed by atoms with E-state index < -0.39 is 5.97 Å². The van der Waals surface area contributed by atoms with Crippen LogP contribution in [0.3, 0.4) is 0 Å². The molecule has 0 amide bonds. The molecule has 0 aliphatic carbocycles. The van der Waals surface area contributed by atoms with Gasteiger partial charge in [-0.15, -0.1) is 0 Å². The van der Waals surface area contributed by atoms with Crippen molar-refractivity contribution >= 4 is 21.9 Å². The number of phenolic OH excluding ortho intramolecular Hbond substituents is 1. The SMILES string of the molecule is O=C(OCc1cc2c(cc1Br)OCO2)c1ccccc1O. The van der Waals surface area contributed by atoms with E-state index in [0.29, 0.717) is 11.5 Å². The van der Waals surface area contributed by atoms with Crippen LogP contribution < -0.4 is 9.47 Å². The monoisotopic (exact) mass is 350 g/mol. The van der Waals surface area contributed by atoms with Gasteiger partial charge in [0.05, 0.1) is 0 Å². The van der Waals surface area contributed by atoms with Crippen molar-refractivity contribution in [2.45, 2.75) is 6.61 Å². The number of carbonyl (C=O) groups excluding carboxylic acids is 1. The van der Waals surface area contributed by atoms with Gasteiger partial charge in [0, 0.05) is 10.0 Å². The lowest BCUT2D eigenvalue weighted by Gasteiger charge is -2.08. The van der Waals surface area contributed by atoms with Crippen LogP contribution in [0, 0.1) is 0 Å². The van der Waals surface area contributed by atoms with Crippen LogP contribution in [0.5, 0.6) is 17.2 Å². The molecule has 0 saturated carbocycles. The van der Waals surface area contributed by atoms with Gasteiger partial charge in [0.1, 0.15) is 17.9 Å². The van der Waals surface area contributed by atoms with Crippen LogP contribution in [0.25, 0.3) is 0 Å². The molecule has 1 heterocycles. The number of fused-ring (bicyclic) bond motifs is 1. The standard InChI is InChI=1S/C15H11BrO5/c16-11-6-14-13(20-8-21-14)5-9(11)7-19-15(18)10-3-1-2-4-12(10)17/h1-6,17H,7-8H2. The predicted octanol–water partition coefficient (Wildman–Crippen LogP) is 3.24. The van der Waals surface area contributed by atoms with E-state index in [0.717, 1.165) is 10.0 Å². The van der Waals surface area contributed by atoms with Gasteiger partial charge in [-0.2, -0.15) is 0 Å². The van der Waals surface area contributed by atoms with Crippen LogP contribution in [0.2, 0.25) is 0 Å². The number of halogens is 1. The highest BCUT2D eigenvalue weighted by Gasteiger charge is 2.18. The summed E-state index contributed by atoms with van der Waals surface area (Å²) in [5.74, 6) is 0.578. The zero-order valence-corrected chi connectivity index (χ0v) is 12.4. The van der Waals surface area contributed by atoms with E-state index in [2.05, 4.69) is 15.9 Å². The number of phenols is 1. The van der Waals surface area contributed by atoms with Gasteiger partial charge in [0.25, 0.3) is 0 Å². The largest absolute Gasteiger partial charge is 0.507 e. The molecule has 0 bridgehead atoms. The van der Waals surface area contributed by atoms with E-state index in [1.54, 1.807) is 24.3 Å². The highest BCUT2D eigenvalue weighted by molar-refractivity contribution is 9.10. The third kappa shape index (κ3) is 2.80. The molecule has 108 valence electrons. The van der Waals surface area contributed by atoms with Crippen LogP contribution in [-0.4, -0.2) is 17.9 Å². The number of esters is 1. The van der Waals surface area contributed by atoms with E-state index in [4.69, 9.17) is 14.2 Å². The highest BCUT2D eigenvalue weighted by Crippen LogP contribution is 2.37. The summed E-state index contributed by atoms with van der Waals surface area (Å²) in [6, 6.07) is 9.77. The van der Waals surface area contributed by atoms with Crippen LogP contribution in [0.15, 0.2) is 40.9 Å². The summed E-state index contributed by atoms with van der Waals surface area (Å²) in [7, 11) is 0. The number of carbonyl (C=O) groups is 1. The fourth-order valence-corrected chi connectivity index (χ4v) is 2.37. The zero-order valence-electron chi connectivity index (χ0n) is 10.8. The third-order valence-corrected chi connectivity index (χ3v) is 3.76. The number of ether oxygens (including phenoxy) is 3. The minimum absolute atomic E-state index is 0.0599. The highest BCUT2D eigenvalue weighted by atomic mass is 79.9. The molecular formula is C15H11BrO5. The summed E-state index contributed by atoms with van der Waals surface area (Å²) in [4.78, 5) is 11.9. The third-order valence-electron chi connectivity index (χ3n) is 3.02. The Morgan fingerprint density at radius 3 is 2.71 bits per heavy atom. The Morgan fingerprint density at radius 2 is 1.95 bits per heavy atom. The van der Waals surface area contributed by atoms with Crippen molar-refractivity contribution < 1.29 is 24.1 Å². The van der Waals surface area contributed by atoms with Crippen molar-refractivity contribution in [1.82, 2.24) is 0 Å². The first-order valence-electron chi connectivity index (χ1n) is 6.18. The van der Waals surface area contributed by atoms with E-state index in [-0.39, 0.29) is 24.7 Å². The molecule has 0 unspecified atom stereocenters. The van der Waals surface area contributed by atoms with Gasteiger partial charge in [0.15, 0.2) is 11.5 Å². The normalized spacial score (nSPS) is 12.2. The van der Waals surface area contributed by atoms with Crippen molar-refractivity contribution in [1.29, 1.82) is 0 Å². The van der Waals surface area contributed by atoms with Gasteiger partial charge in [-0.1, -0.05) is 28.1 Å². The Labute approximate surface area is 129 Å². The number of aromatic hydroxyl groups is 1. The molecule has 3 rings (SSSR count). The zero-order chi connectivity index (χ0) is 14.8. The predicted molar refractivity (Wildman–Crippen MR) is 77.5 cm³/mol. The Balaban J connectivity index is 1.74. The van der Waals surface area contributed by atoms with Gasteiger partial charge >= 0.3 is 5.97 Å². The Kier molecular flexibility index (Phi) is 3.70. The molecule has 0 atom stereocenters. The van der Waals surface area contributed by atoms with Gasteiger partial charge in [0.2, 0.25) is 6.79 Å². The van der Waals surface area contributed by atoms with Crippen molar-refractivity contribution in [2.75, 3.05) is 6.79 Å². The van der Waals surface area contributed by atoms with E-state index in [1.165, 1.54) is 12.1 Å². The molecule has 0 radical (unpaired) electrons. The van der Waals surface area contributed by atoms with Crippen LogP contribution in [0.4, 0.5) is 0 Å². The maximum atomic E-state index is 11.9. The summed E-state index contributed by atoms with van der Waals surface area (Å²) in [6.07, 6.45) is 0. The quantitative estimate of drug-likeness (QED) is 0.860. The first-order chi connectivity index (χ1) is 10.1. The number of rotatable bonds is 3. The molecule has 0 aromatic heterocycles. The van der Waals surface area contributed by atoms with Crippen LogP contribution >= 0.6 is 15.9 Å². The molecule has 6 heteroatoms. The molecule has 2 aromatic carbocycles. The second kappa shape index (κ2) is 5.65. The van der Waals surface area contributed by atoms with E-state index >= 15 is 0 Å². The fraction of sp³-hybridized carbons (Fsp3) is 0.133. The summed E-state index contributed by atoms with van der Waals surface area (Å²) in [5, 5.41) is 9.61. The fourth-order valence-electron chi connectivity index (χ4n) is 1.94. The Morgan fingerprint density at radius 1 is 1.24 bits per heavy atom. The summed E-state index contributed by atoms with van der Waals surface area (Å²) in [6.45, 7) is 0.243. The molecule has 2 aromatic rings. The average Bonchev–Trinajstić information content (AvgIpc) is 2.92. The van der Waals surface area contributed by atoms with Crippen molar-refractivity contribution in [3.8, 4) is 17.2 Å². The molecule has 1 N–H and O–H groups in total. The summed E-state index contributed by atoms with van der Waals surface area (Å²) < 4.78 is 16.5. The van der Waals surface area contributed by atoms with Gasteiger partial charge in [-0.3, -0.25) is 0 Å². The summed E-state index contributed by atoms with van der Waals surface area (Å²) >= 11 is 3.39.